The van der Waals surface area contributed by atoms with E-state index < -0.39 is 15.9 Å². The molecule has 0 aliphatic heterocycles. The van der Waals surface area contributed by atoms with Crippen LogP contribution in [0.2, 0.25) is 0 Å². The zero-order valence-electron chi connectivity index (χ0n) is 21.0. The Morgan fingerprint density at radius 2 is 1.51 bits per heavy atom. The molecule has 3 rings (SSSR count). The highest BCUT2D eigenvalue weighted by Gasteiger charge is 2.19. The Labute approximate surface area is 224 Å². The van der Waals surface area contributed by atoms with Gasteiger partial charge in [-0.2, -0.15) is 0 Å². The van der Waals surface area contributed by atoms with Gasteiger partial charge >= 0.3 is 0 Å². The van der Waals surface area contributed by atoms with Gasteiger partial charge in [0.25, 0.3) is 15.9 Å². The van der Waals surface area contributed by atoms with Gasteiger partial charge in [-0.05, 0) is 48.4 Å². The number of nitrogens with zero attached hydrogens (tertiary/aromatic N) is 1. The molecule has 3 aromatic rings. The molecular weight excluding hydrogens is 500 g/mol. The van der Waals surface area contributed by atoms with Crippen LogP contribution in [0.15, 0.2) is 120 Å². The number of nitrogens with one attached hydrogen (secondary N) is 1. The summed E-state index contributed by atoms with van der Waals surface area (Å²) in [5.74, 6) is 0.214. The van der Waals surface area contributed by atoms with Crippen LogP contribution in [0.5, 0.6) is 0 Å². The molecule has 1 amide bonds. The quantitative estimate of drug-likeness (QED) is 0.269. The van der Waals surface area contributed by atoms with Crippen molar-refractivity contribution in [1.82, 2.24) is 9.62 Å². The minimum Gasteiger partial charge on any atom is -0.294 e. The molecule has 3 aromatic carbocycles. The lowest BCUT2D eigenvalue weighted by Gasteiger charge is -2.23. The number of allylic oxidation sites excluding steroid dienone is 3. The van der Waals surface area contributed by atoms with E-state index in [0.29, 0.717) is 6.54 Å². The minimum atomic E-state index is -3.98. The van der Waals surface area contributed by atoms with Crippen LogP contribution in [0.1, 0.15) is 27.0 Å². The summed E-state index contributed by atoms with van der Waals surface area (Å²) in [6, 6.07) is 23.4. The molecule has 1 N–H and O–H groups in total. The largest absolute Gasteiger partial charge is 0.294 e. The molecule has 0 unspecified atom stereocenters. The average molecular weight is 533 g/mol. The van der Waals surface area contributed by atoms with Crippen molar-refractivity contribution in [2.45, 2.75) is 24.9 Å². The molecule has 0 saturated carbocycles. The molecule has 192 valence electrons. The zero-order chi connectivity index (χ0) is 26.7. The third-order valence-electron chi connectivity index (χ3n) is 5.59. The lowest BCUT2D eigenvalue weighted by Crippen LogP contribution is -2.30. The molecule has 0 aromatic heterocycles. The number of hydrogen-bond donors (Lipinski definition) is 1. The smallest absolute Gasteiger partial charge is 0.264 e. The van der Waals surface area contributed by atoms with Gasteiger partial charge in [0.05, 0.1) is 4.90 Å². The second-order valence-electron chi connectivity index (χ2n) is 8.50. The third-order valence-corrected chi connectivity index (χ3v) is 7.96. The van der Waals surface area contributed by atoms with Crippen molar-refractivity contribution >= 4 is 27.7 Å². The van der Waals surface area contributed by atoms with E-state index in [1.807, 2.05) is 12.2 Å². The molecule has 0 spiro atoms. The maximum absolute atomic E-state index is 12.7. The molecule has 0 fully saturated rings. The zero-order valence-corrected chi connectivity index (χ0v) is 22.6. The summed E-state index contributed by atoms with van der Waals surface area (Å²) in [6.07, 6.45) is 5.52. The van der Waals surface area contributed by atoms with E-state index in [2.05, 4.69) is 54.0 Å². The van der Waals surface area contributed by atoms with Crippen LogP contribution in [0, 0.1) is 6.92 Å². The van der Waals surface area contributed by atoms with E-state index in [0.717, 1.165) is 29.3 Å². The first-order valence-electron chi connectivity index (χ1n) is 11.9. The maximum Gasteiger partial charge on any atom is 0.264 e. The van der Waals surface area contributed by atoms with Crippen LogP contribution in [-0.4, -0.2) is 31.5 Å². The van der Waals surface area contributed by atoms with E-state index >= 15 is 0 Å². The highest BCUT2D eigenvalue weighted by atomic mass is 32.2. The Morgan fingerprint density at radius 1 is 0.919 bits per heavy atom. The molecule has 5 nitrogen and oxygen atoms in total. The topological polar surface area (TPSA) is 66.5 Å². The first-order valence-corrected chi connectivity index (χ1v) is 14.3. The summed E-state index contributed by atoms with van der Waals surface area (Å²) in [4.78, 5) is 15.8. The summed E-state index contributed by atoms with van der Waals surface area (Å²) in [5.41, 5.74) is 3.70. The Morgan fingerprint density at radius 3 is 2.08 bits per heavy atom. The van der Waals surface area contributed by atoms with Gasteiger partial charge in [-0.1, -0.05) is 85.5 Å². The molecule has 0 aliphatic rings. The number of hydrogen-bond acceptors (Lipinski definition) is 5. The predicted octanol–water partition coefficient (Wildman–Crippen LogP) is 6.11. The van der Waals surface area contributed by atoms with Crippen LogP contribution in [-0.2, 0) is 23.1 Å². The number of sulfonamides is 1. The fraction of sp³-hybridized carbons (Fsp3) is 0.167. The number of carbonyl (C=O) groups excluding carboxylic acids is 1. The maximum atomic E-state index is 12.7. The normalized spacial score (nSPS) is 11.8. The summed E-state index contributed by atoms with van der Waals surface area (Å²) in [7, 11) is -3.98. The number of thioether (sulfide) groups is 1. The molecule has 7 heteroatoms. The fourth-order valence-corrected chi connectivity index (χ4v) is 5.48. The number of rotatable bonds is 13. The van der Waals surface area contributed by atoms with Crippen molar-refractivity contribution in [2.75, 3.05) is 12.3 Å². The highest BCUT2D eigenvalue weighted by Crippen LogP contribution is 2.19. The van der Waals surface area contributed by atoms with Crippen molar-refractivity contribution < 1.29 is 13.2 Å². The van der Waals surface area contributed by atoms with Crippen molar-refractivity contribution in [1.29, 1.82) is 0 Å². The van der Waals surface area contributed by atoms with E-state index in [-0.39, 0.29) is 10.5 Å². The average Bonchev–Trinajstić information content (AvgIpc) is 2.90. The number of aryl methyl sites for hydroxylation is 1. The summed E-state index contributed by atoms with van der Waals surface area (Å²) < 4.78 is 27.6. The van der Waals surface area contributed by atoms with Gasteiger partial charge < -0.3 is 0 Å². The molecule has 0 aliphatic carbocycles. The van der Waals surface area contributed by atoms with Gasteiger partial charge in [-0.15, -0.1) is 11.8 Å². The van der Waals surface area contributed by atoms with Crippen LogP contribution < -0.4 is 4.72 Å². The second kappa shape index (κ2) is 13.8. The SMILES string of the molecule is C=C/C=C(\C=C)SCCN(Cc1ccc(C)cc1)Cc1ccc(S(=O)(=O)NC(=O)c2ccccc2)cc1. The molecular formula is C30H32N2O3S2. The first-order chi connectivity index (χ1) is 17.8. The Kier molecular flexibility index (Phi) is 10.5. The molecule has 0 heterocycles. The van der Waals surface area contributed by atoms with Crippen LogP contribution in [0.4, 0.5) is 0 Å². The summed E-state index contributed by atoms with van der Waals surface area (Å²) in [5, 5.41) is 0. The first kappa shape index (κ1) is 28.2. The van der Waals surface area contributed by atoms with Gasteiger partial charge in [-0.3, -0.25) is 9.69 Å². The lowest BCUT2D eigenvalue weighted by atomic mass is 10.1. The molecule has 0 bridgehead atoms. The molecule has 0 radical (unpaired) electrons. The van der Waals surface area contributed by atoms with Gasteiger partial charge in [0.2, 0.25) is 0 Å². The Bertz CT molecular complexity index is 1330. The molecule has 0 atom stereocenters. The summed E-state index contributed by atoms with van der Waals surface area (Å²) in [6.45, 7) is 11.9. The van der Waals surface area contributed by atoms with E-state index in [1.54, 1.807) is 60.3 Å². The lowest BCUT2D eigenvalue weighted by molar-refractivity contribution is 0.0981. The number of carbonyl (C=O) groups is 1. The van der Waals surface area contributed by atoms with E-state index in [4.69, 9.17) is 0 Å². The van der Waals surface area contributed by atoms with Crippen molar-refractivity contribution in [3.05, 3.63) is 137 Å². The third kappa shape index (κ3) is 8.89. The van der Waals surface area contributed by atoms with Crippen LogP contribution >= 0.6 is 11.8 Å². The van der Waals surface area contributed by atoms with Crippen molar-refractivity contribution in [3.8, 4) is 0 Å². The van der Waals surface area contributed by atoms with Gasteiger partial charge in [0.15, 0.2) is 0 Å². The van der Waals surface area contributed by atoms with Gasteiger partial charge in [0, 0.05) is 35.9 Å². The summed E-state index contributed by atoms with van der Waals surface area (Å²) >= 11 is 1.72. The number of benzene rings is 3. The minimum absolute atomic E-state index is 0.0476. The molecule has 0 saturated heterocycles. The Balaban J connectivity index is 1.70. The fourth-order valence-electron chi connectivity index (χ4n) is 3.61. The van der Waals surface area contributed by atoms with Crippen molar-refractivity contribution in [3.63, 3.8) is 0 Å². The van der Waals surface area contributed by atoms with Gasteiger partial charge in [-0.25, -0.2) is 13.1 Å². The number of amides is 1. The van der Waals surface area contributed by atoms with E-state index in [9.17, 15) is 13.2 Å². The van der Waals surface area contributed by atoms with Crippen LogP contribution in [0.3, 0.4) is 0 Å². The van der Waals surface area contributed by atoms with Crippen molar-refractivity contribution in [2.24, 2.45) is 0 Å². The van der Waals surface area contributed by atoms with Gasteiger partial charge in [0.1, 0.15) is 0 Å². The Hall–Kier alpha value is -3.39. The molecule has 37 heavy (non-hydrogen) atoms. The van der Waals surface area contributed by atoms with E-state index in [1.165, 1.54) is 23.3 Å². The monoisotopic (exact) mass is 532 g/mol. The predicted molar refractivity (Wildman–Crippen MR) is 154 cm³/mol. The highest BCUT2D eigenvalue weighted by molar-refractivity contribution is 8.03. The standard InChI is InChI=1S/C30H32N2O3S2/c1-4-9-28(5-2)36-21-20-32(22-25-14-12-24(3)13-15-25)23-26-16-18-29(19-17-26)37(34,35)31-30(33)27-10-7-6-8-11-27/h4-19H,1-2,20-23H2,3H3,(H,31,33)/b28-9+. The van der Waals surface area contributed by atoms with Crippen LogP contribution in [0.25, 0.3) is 0 Å². The second-order valence-corrected chi connectivity index (χ2v) is 11.3.